The lowest BCUT2D eigenvalue weighted by molar-refractivity contribution is -0.123. The number of ether oxygens (including phenoxy) is 1. The molecule has 1 atom stereocenters. The van der Waals surface area contributed by atoms with Crippen LogP contribution in [-0.4, -0.2) is 20.9 Å². The van der Waals surface area contributed by atoms with Crippen LogP contribution in [0.15, 0.2) is 76.1 Å². The summed E-state index contributed by atoms with van der Waals surface area (Å²) in [4.78, 5) is 12.3. The van der Waals surface area contributed by atoms with Gasteiger partial charge < -0.3 is 10.1 Å². The number of hydrogen-bond acceptors (Lipinski definition) is 4. The summed E-state index contributed by atoms with van der Waals surface area (Å²) in [5.74, 6) is 0.101. The molecule has 0 spiro atoms. The molecule has 32 heavy (non-hydrogen) atoms. The minimum atomic E-state index is -3.79. The van der Waals surface area contributed by atoms with Crippen molar-refractivity contribution in [3.8, 4) is 5.75 Å². The smallest absolute Gasteiger partial charge is 0.261 e. The van der Waals surface area contributed by atoms with Crippen molar-refractivity contribution in [2.75, 3.05) is 11.3 Å². The molecular weight excluding hydrogens is 516 g/mol. The van der Waals surface area contributed by atoms with Gasteiger partial charge in [0, 0.05) is 9.50 Å². The molecule has 0 saturated heterocycles. The van der Waals surface area contributed by atoms with Crippen LogP contribution in [0.2, 0.25) is 5.02 Å². The van der Waals surface area contributed by atoms with Crippen LogP contribution in [0.25, 0.3) is 0 Å². The molecule has 0 aliphatic heterocycles. The van der Waals surface area contributed by atoms with Crippen molar-refractivity contribution in [3.05, 3.63) is 87.4 Å². The molecule has 0 aliphatic rings. The number of anilines is 1. The first-order valence-corrected chi connectivity index (χ1v) is 12.4. The SMILES string of the molecule is Cc1ccc(NS(=O)(=O)c2ccc(OCC(=O)N[C@H](C)c3ccc(Br)cc3)cc2)cc1Cl. The van der Waals surface area contributed by atoms with E-state index in [1.54, 1.807) is 18.2 Å². The van der Waals surface area contributed by atoms with Crippen molar-refractivity contribution in [2.45, 2.75) is 24.8 Å². The van der Waals surface area contributed by atoms with E-state index in [2.05, 4.69) is 26.0 Å². The van der Waals surface area contributed by atoms with Crippen LogP contribution in [0.1, 0.15) is 24.1 Å². The molecule has 0 bridgehead atoms. The van der Waals surface area contributed by atoms with Gasteiger partial charge in [0.05, 0.1) is 16.6 Å². The molecule has 3 aromatic carbocycles. The molecule has 168 valence electrons. The van der Waals surface area contributed by atoms with Crippen LogP contribution in [0, 0.1) is 6.92 Å². The second kappa shape index (κ2) is 10.4. The monoisotopic (exact) mass is 536 g/mol. The van der Waals surface area contributed by atoms with Crippen molar-refractivity contribution >= 4 is 49.1 Å². The van der Waals surface area contributed by atoms with Crippen molar-refractivity contribution in [3.63, 3.8) is 0 Å². The molecule has 0 aliphatic carbocycles. The molecule has 0 fully saturated rings. The molecule has 0 heterocycles. The molecule has 1 amide bonds. The zero-order chi connectivity index (χ0) is 23.3. The number of carbonyl (C=O) groups excluding carboxylic acids is 1. The van der Waals surface area contributed by atoms with Gasteiger partial charge in [-0.15, -0.1) is 0 Å². The second-order valence-electron chi connectivity index (χ2n) is 7.17. The number of amides is 1. The molecule has 9 heteroatoms. The third-order valence-electron chi connectivity index (χ3n) is 4.68. The van der Waals surface area contributed by atoms with Crippen LogP contribution < -0.4 is 14.8 Å². The fraction of sp³-hybridized carbons (Fsp3) is 0.174. The molecule has 0 saturated carbocycles. The van der Waals surface area contributed by atoms with E-state index in [-0.39, 0.29) is 23.5 Å². The molecule has 6 nitrogen and oxygen atoms in total. The minimum absolute atomic E-state index is 0.0647. The number of rotatable bonds is 8. The van der Waals surface area contributed by atoms with E-state index in [4.69, 9.17) is 16.3 Å². The molecule has 2 N–H and O–H groups in total. The molecule has 0 aromatic heterocycles. The highest BCUT2D eigenvalue weighted by Gasteiger charge is 2.15. The second-order valence-corrected chi connectivity index (χ2v) is 10.2. The Balaban J connectivity index is 1.56. The predicted molar refractivity (Wildman–Crippen MR) is 130 cm³/mol. The van der Waals surface area contributed by atoms with Crippen LogP contribution in [0.5, 0.6) is 5.75 Å². The van der Waals surface area contributed by atoms with Crippen molar-refractivity contribution in [2.24, 2.45) is 0 Å². The minimum Gasteiger partial charge on any atom is -0.484 e. The largest absolute Gasteiger partial charge is 0.484 e. The number of sulfonamides is 1. The van der Waals surface area contributed by atoms with Gasteiger partial charge in [0.2, 0.25) is 0 Å². The Bertz CT molecular complexity index is 1200. The Labute approximate surface area is 201 Å². The first-order valence-electron chi connectivity index (χ1n) is 9.71. The highest BCUT2D eigenvalue weighted by molar-refractivity contribution is 9.10. The van der Waals surface area contributed by atoms with Gasteiger partial charge in [-0.3, -0.25) is 9.52 Å². The number of nitrogens with one attached hydrogen (secondary N) is 2. The molecule has 3 rings (SSSR count). The number of benzene rings is 3. The number of hydrogen-bond donors (Lipinski definition) is 2. The van der Waals surface area contributed by atoms with Gasteiger partial charge in [-0.2, -0.15) is 0 Å². The van der Waals surface area contributed by atoms with Gasteiger partial charge in [0.1, 0.15) is 5.75 Å². The molecule has 3 aromatic rings. The van der Waals surface area contributed by atoms with E-state index in [1.165, 1.54) is 24.3 Å². The fourth-order valence-electron chi connectivity index (χ4n) is 2.85. The highest BCUT2D eigenvalue weighted by Crippen LogP contribution is 2.23. The normalized spacial score (nSPS) is 12.1. The maximum Gasteiger partial charge on any atom is 0.261 e. The van der Waals surface area contributed by atoms with Crippen molar-refractivity contribution < 1.29 is 17.9 Å². The highest BCUT2D eigenvalue weighted by atomic mass is 79.9. The number of carbonyl (C=O) groups is 1. The first-order chi connectivity index (χ1) is 15.1. The zero-order valence-corrected chi connectivity index (χ0v) is 20.6. The quantitative estimate of drug-likeness (QED) is 0.399. The summed E-state index contributed by atoms with van der Waals surface area (Å²) >= 11 is 9.44. The number of halogens is 2. The average Bonchev–Trinajstić information content (AvgIpc) is 2.75. The van der Waals surface area contributed by atoms with E-state index < -0.39 is 10.0 Å². The van der Waals surface area contributed by atoms with E-state index in [0.717, 1.165) is 15.6 Å². The maximum absolute atomic E-state index is 12.6. The Hall–Kier alpha value is -2.55. The zero-order valence-electron chi connectivity index (χ0n) is 17.4. The van der Waals surface area contributed by atoms with E-state index in [9.17, 15) is 13.2 Å². The lowest BCUT2D eigenvalue weighted by Gasteiger charge is -2.15. The van der Waals surface area contributed by atoms with Gasteiger partial charge in [0.15, 0.2) is 6.61 Å². The van der Waals surface area contributed by atoms with E-state index >= 15 is 0 Å². The van der Waals surface area contributed by atoms with Crippen molar-refractivity contribution in [1.82, 2.24) is 5.32 Å². The Morgan fingerprint density at radius 1 is 1.06 bits per heavy atom. The van der Waals surface area contributed by atoms with Crippen molar-refractivity contribution in [1.29, 1.82) is 0 Å². The summed E-state index contributed by atoms with van der Waals surface area (Å²) in [6, 6.07) is 18.3. The molecule has 0 radical (unpaired) electrons. The van der Waals surface area contributed by atoms with Gasteiger partial charge in [0.25, 0.3) is 15.9 Å². The van der Waals surface area contributed by atoms with Gasteiger partial charge in [-0.05, 0) is 73.5 Å². The summed E-state index contributed by atoms with van der Waals surface area (Å²) in [7, 11) is -3.79. The lowest BCUT2D eigenvalue weighted by atomic mass is 10.1. The molecule has 0 unspecified atom stereocenters. The predicted octanol–water partition coefficient (Wildman–Crippen LogP) is 5.47. The Morgan fingerprint density at radius 2 is 1.72 bits per heavy atom. The van der Waals surface area contributed by atoms with Crippen LogP contribution in [0.4, 0.5) is 5.69 Å². The molecular formula is C23H22BrClN2O4S. The summed E-state index contributed by atoms with van der Waals surface area (Å²) < 4.78 is 34.1. The first kappa shape index (κ1) is 24.1. The third kappa shape index (κ3) is 6.48. The lowest BCUT2D eigenvalue weighted by Crippen LogP contribution is -2.31. The van der Waals surface area contributed by atoms with Gasteiger partial charge in [-0.1, -0.05) is 45.7 Å². The van der Waals surface area contributed by atoms with Gasteiger partial charge in [-0.25, -0.2) is 8.42 Å². The topological polar surface area (TPSA) is 84.5 Å². The van der Waals surface area contributed by atoms with Gasteiger partial charge >= 0.3 is 0 Å². The fourth-order valence-corrected chi connectivity index (χ4v) is 4.35. The van der Waals surface area contributed by atoms with Crippen LogP contribution in [-0.2, 0) is 14.8 Å². The van der Waals surface area contributed by atoms with Crippen LogP contribution >= 0.6 is 27.5 Å². The summed E-state index contributed by atoms with van der Waals surface area (Å²) in [6.45, 7) is 3.53. The van der Waals surface area contributed by atoms with E-state index in [0.29, 0.717) is 16.5 Å². The summed E-state index contributed by atoms with van der Waals surface area (Å²) in [6.07, 6.45) is 0. The van der Waals surface area contributed by atoms with E-state index in [1.807, 2.05) is 38.1 Å². The van der Waals surface area contributed by atoms with Crippen LogP contribution in [0.3, 0.4) is 0 Å². The standard InChI is InChI=1S/C23H22BrClN2O4S/c1-15-3-8-19(13-22(15)25)27-32(29,30)21-11-9-20(10-12-21)31-14-23(28)26-16(2)17-4-6-18(24)7-5-17/h3-13,16,27H,14H2,1-2H3,(H,26,28)/t16-/m1/s1. The summed E-state index contributed by atoms with van der Waals surface area (Å²) in [5, 5.41) is 3.34. The number of aryl methyl sites for hydroxylation is 1. The maximum atomic E-state index is 12.6. The Morgan fingerprint density at radius 3 is 2.34 bits per heavy atom. The third-order valence-corrected chi connectivity index (χ3v) is 7.01. The Kier molecular flexibility index (Phi) is 7.82. The average molecular weight is 538 g/mol. The summed E-state index contributed by atoms with van der Waals surface area (Å²) in [5.41, 5.74) is 2.20.